The van der Waals surface area contributed by atoms with Gasteiger partial charge in [0.05, 0.1) is 0 Å². The number of hydrogen-bond acceptors (Lipinski definition) is 3. The predicted molar refractivity (Wildman–Crippen MR) is 89.8 cm³/mol. The Hall–Kier alpha value is -2.90. The van der Waals surface area contributed by atoms with Gasteiger partial charge in [-0.2, -0.15) is 0 Å². The first kappa shape index (κ1) is 18.4. The van der Waals surface area contributed by atoms with Crippen molar-refractivity contribution in [2.45, 2.75) is 12.9 Å². The van der Waals surface area contributed by atoms with E-state index in [9.17, 15) is 18.0 Å². The summed E-state index contributed by atoms with van der Waals surface area (Å²) in [6, 6.07) is 12.1. The minimum absolute atomic E-state index is 0.322. The van der Waals surface area contributed by atoms with Crippen LogP contribution in [0.15, 0.2) is 48.5 Å². The number of urea groups is 1. The Morgan fingerprint density at radius 2 is 1.80 bits per heavy atom. The van der Waals surface area contributed by atoms with Gasteiger partial charge < -0.3 is 20.3 Å². The fourth-order valence-corrected chi connectivity index (χ4v) is 2.04. The monoisotopic (exact) mass is 353 g/mol. The molecule has 2 amide bonds. The molecular weight excluding hydrogens is 335 g/mol. The topological polar surface area (TPSA) is 53.6 Å². The maximum atomic E-state index is 12.1. The lowest BCUT2D eigenvalue weighted by Crippen LogP contribution is -2.28. The standard InChI is InChI=1S/C17H18F3N3O2/c1-23(2)14-5-3-4-12(10-14)11-21-16(24)22-13-6-8-15(9-7-13)25-17(18,19)20/h3-10H,11H2,1-2H3,(H2,21,22,24). The SMILES string of the molecule is CN(C)c1cccc(CNC(=O)Nc2ccc(OC(F)(F)F)cc2)c1. The van der Waals surface area contributed by atoms with Crippen molar-refractivity contribution in [3.8, 4) is 5.75 Å². The van der Waals surface area contributed by atoms with E-state index in [0.717, 1.165) is 23.4 Å². The highest BCUT2D eigenvalue weighted by molar-refractivity contribution is 5.89. The normalized spacial score (nSPS) is 10.9. The van der Waals surface area contributed by atoms with Gasteiger partial charge >= 0.3 is 12.4 Å². The molecule has 2 N–H and O–H groups in total. The van der Waals surface area contributed by atoms with Crippen molar-refractivity contribution in [2.75, 3.05) is 24.3 Å². The first-order valence-electron chi connectivity index (χ1n) is 7.40. The molecule has 0 spiro atoms. The van der Waals surface area contributed by atoms with Crippen LogP contribution in [0.25, 0.3) is 0 Å². The van der Waals surface area contributed by atoms with E-state index in [4.69, 9.17) is 0 Å². The molecule has 2 aromatic carbocycles. The summed E-state index contributed by atoms with van der Waals surface area (Å²) in [6.07, 6.45) is -4.74. The molecule has 0 saturated heterocycles. The lowest BCUT2D eigenvalue weighted by Gasteiger charge is -2.14. The zero-order valence-electron chi connectivity index (χ0n) is 13.7. The van der Waals surface area contributed by atoms with Gasteiger partial charge in [-0.15, -0.1) is 13.2 Å². The van der Waals surface area contributed by atoms with Crippen LogP contribution in [-0.2, 0) is 6.54 Å². The Morgan fingerprint density at radius 3 is 2.40 bits per heavy atom. The summed E-state index contributed by atoms with van der Waals surface area (Å²) < 4.78 is 40.0. The number of alkyl halides is 3. The third-order valence-corrected chi connectivity index (χ3v) is 3.23. The van der Waals surface area contributed by atoms with E-state index in [1.54, 1.807) is 0 Å². The van der Waals surface area contributed by atoms with Gasteiger partial charge in [-0.1, -0.05) is 12.1 Å². The Bertz CT molecular complexity index is 716. The van der Waals surface area contributed by atoms with Crippen molar-refractivity contribution in [3.05, 3.63) is 54.1 Å². The van der Waals surface area contributed by atoms with E-state index in [0.29, 0.717) is 12.2 Å². The molecule has 2 aromatic rings. The minimum atomic E-state index is -4.74. The van der Waals surface area contributed by atoms with Gasteiger partial charge in [0.15, 0.2) is 0 Å². The van der Waals surface area contributed by atoms with Crippen LogP contribution in [0.5, 0.6) is 5.75 Å². The highest BCUT2D eigenvalue weighted by Gasteiger charge is 2.30. The number of carbonyl (C=O) groups is 1. The molecule has 8 heteroatoms. The van der Waals surface area contributed by atoms with Gasteiger partial charge in [-0.25, -0.2) is 4.79 Å². The van der Waals surface area contributed by atoms with Gasteiger partial charge in [0.1, 0.15) is 5.75 Å². The van der Waals surface area contributed by atoms with Gasteiger partial charge in [0, 0.05) is 32.0 Å². The second-order valence-corrected chi connectivity index (χ2v) is 5.44. The smallest absolute Gasteiger partial charge is 0.406 e. The number of rotatable bonds is 5. The number of nitrogens with zero attached hydrogens (tertiary/aromatic N) is 1. The van der Waals surface area contributed by atoms with Crippen LogP contribution in [-0.4, -0.2) is 26.5 Å². The van der Waals surface area contributed by atoms with Crippen LogP contribution >= 0.6 is 0 Å². The van der Waals surface area contributed by atoms with Gasteiger partial charge in [0.25, 0.3) is 0 Å². The number of nitrogens with one attached hydrogen (secondary N) is 2. The number of ether oxygens (including phenoxy) is 1. The van der Waals surface area contributed by atoms with E-state index < -0.39 is 12.4 Å². The average Bonchev–Trinajstić information content (AvgIpc) is 2.54. The maximum Gasteiger partial charge on any atom is 0.573 e. The molecule has 0 radical (unpaired) electrons. The van der Waals surface area contributed by atoms with Crippen LogP contribution < -0.4 is 20.3 Å². The molecular formula is C17H18F3N3O2. The van der Waals surface area contributed by atoms with E-state index in [1.165, 1.54) is 12.1 Å². The van der Waals surface area contributed by atoms with E-state index in [-0.39, 0.29) is 5.75 Å². The number of halogens is 3. The first-order chi connectivity index (χ1) is 11.7. The van der Waals surface area contributed by atoms with Crippen LogP contribution in [0.3, 0.4) is 0 Å². The first-order valence-corrected chi connectivity index (χ1v) is 7.40. The van der Waals surface area contributed by atoms with Gasteiger partial charge in [-0.05, 0) is 42.0 Å². The molecule has 0 saturated carbocycles. The maximum absolute atomic E-state index is 12.1. The molecule has 2 rings (SSSR count). The van der Waals surface area contributed by atoms with E-state index in [1.807, 2.05) is 43.3 Å². The van der Waals surface area contributed by atoms with Crippen molar-refractivity contribution >= 4 is 17.4 Å². The summed E-state index contributed by atoms with van der Waals surface area (Å²) in [4.78, 5) is 13.8. The number of amides is 2. The molecule has 0 heterocycles. The summed E-state index contributed by atoms with van der Waals surface area (Å²) >= 11 is 0. The number of carbonyl (C=O) groups excluding carboxylic acids is 1. The number of anilines is 2. The Kier molecular flexibility index (Phi) is 5.74. The van der Waals surface area contributed by atoms with Crippen LogP contribution in [0, 0.1) is 0 Å². The lowest BCUT2D eigenvalue weighted by atomic mass is 10.2. The minimum Gasteiger partial charge on any atom is -0.406 e. The van der Waals surface area contributed by atoms with Crippen LogP contribution in [0.2, 0.25) is 0 Å². The molecule has 0 unspecified atom stereocenters. The third kappa shape index (κ3) is 6.25. The average molecular weight is 353 g/mol. The van der Waals surface area contributed by atoms with E-state index >= 15 is 0 Å². The second-order valence-electron chi connectivity index (χ2n) is 5.44. The molecule has 0 aliphatic carbocycles. The van der Waals surface area contributed by atoms with Crippen molar-refractivity contribution in [2.24, 2.45) is 0 Å². The fourth-order valence-electron chi connectivity index (χ4n) is 2.04. The van der Waals surface area contributed by atoms with Crippen molar-refractivity contribution in [1.82, 2.24) is 5.32 Å². The Labute approximate surface area is 143 Å². The summed E-state index contributed by atoms with van der Waals surface area (Å²) in [5.74, 6) is -0.348. The summed E-state index contributed by atoms with van der Waals surface area (Å²) in [5.41, 5.74) is 2.30. The van der Waals surface area contributed by atoms with Crippen molar-refractivity contribution in [1.29, 1.82) is 0 Å². The van der Waals surface area contributed by atoms with Gasteiger partial charge in [0.2, 0.25) is 0 Å². The Balaban J connectivity index is 1.87. The third-order valence-electron chi connectivity index (χ3n) is 3.23. The number of benzene rings is 2. The Morgan fingerprint density at radius 1 is 1.12 bits per heavy atom. The molecule has 0 fully saturated rings. The zero-order chi connectivity index (χ0) is 18.4. The molecule has 0 bridgehead atoms. The molecule has 5 nitrogen and oxygen atoms in total. The van der Waals surface area contributed by atoms with Crippen LogP contribution in [0.1, 0.15) is 5.56 Å². The highest BCUT2D eigenvalue weighted by Crippen LogP contribution is 2.23. The molecule has 0 aliphatic rings. The van der Waals surface area contributed by atoms with Crippen molar-refractivity contribution in [3.63, 3.8) is 0 Å². The van der Waals surface area contributed by atoms with Crippen molar-refractivity contribution < 1.29 is 22.7 Å². The largest absolute Gasteiger partial charge is 0.573 e. The summed E-state index contributed by atoms with van der Waals surface area (Å²) in [7, 11) is 3.84. The lowest BCUT2D eigenvalue weighted by molar-refractivity contribution is -0.274. The van der Waals surface area contributed by atoms with E-state index in [2.05, 4.69) is 15.4 Å². The number of hydrogen-bond donors (Lipinski definition) is 2. The van der Waals surface area contributed by atoms with Gasteiger partial charge in [-0.3, -0.25) is 0 Å². The van der Waals surface area contributed by atoms with Crippen LogP contribution in [0.4, 0.5) is 29.3 Å². The fraction of sp³-hybridized carbons (Fsp3) is 0.235. The quantitative estimate of drug-likeness (QED) is 0.855. The molecule has 0 aromatic heterocycles. The molecule has 0 aliphatic heterocycles. The molecule has 134 valence electrons. The zero-order valence-corrected chi connectivity index (χ0v) is 13.7. The predicted octanol–water partition coefficient (Wildman–Crippen LogP) is 3.97. The second kappa shape index (κ2) is 7.78. The molecule has 0 atom stereocenters. The highest BCUT2D eigenvalue weighted by atomic mass is 19.4. The summed E-state index contributed by atoms with van der Waals surface area (Å²) in [6.45, 7) is 0.322. The summed E-state index contributed by atoms with van der Waals surface area (Å²) in [5, 5.41) is 5.23. The molecule has 25 heavy (non-hydrogen) atoms.